The fraction of sp³-hybridized carbons (Fsp3) is 0.333. The zero-order valence-electron chi connectivity index (χ0n) is 16.1. The fourth-order valence-electron chi connectivity index (χ4n) is 3.86. The van der Waals surface area contributed by atoms with E-state index in [1.807, 2.05) is 24.4 Å². The first-order chi connectivity index (χ1) is 14.3. The van der Waals surface area contributed by atoms with Crippen LogP contribution in [0, 0.1) is 0 Å². The summed E-state index contributed by atoms with van der Waals surface area (Å²) in [6.07, 6.45) is 3.77. The standard InChI is InChI=1S/C21H22Cl3N3O2S/c22-16-8-9-19-18(11-16)15(12-25-19)5-4-10-27-13-20(23)21(24,14-27)26-30(28,29)17-6-2-1-3-7-17/h1-3,6-9,11-12,20,25-26H,4-5,10,13-14H2. The third-order valence-electron chi connectivity index (χ3n) is 5.38. The number of fused-ring (bicyclic) bond motifs is 1. The lowest BCUT2D eigenvalue weighted by Crippen LogP contribution is -2.50. The highest BCUT2D eigenvalue weighted by atomic mass is 35.5. The number of H-pyrrole nitrogens is 1. The molecule has 160 valence electrons. The predicted octanol–water partition coefficient (Wildman–Crippen LogP) is 4.59. The molecule has 2 unspecified atom stereocenters. The number of hydrogen-bond acceptors (Lipinski definition) is 3. The van der Waals surface area contributed by atoms with Crippen LogP contribution in [-0.4, -0.2) is 48.3 Å². The number of aromatic nitrogens is 1. The van der Waals surface area contributed by atoms with Crippen molar-refractivity contribution >= 4 is 55.7 Å². The Balaban J connectivity index is 1.37. The average Bonchev–Trinajstić information content (AvgIpc) is 3.22. The largest absolute Gasteiger partial charge is 0.361 e. The number of likely N-dealkylation sites (tertiary alicyclic amines) is 1. The molecule has 5 nitrogen and oxygen atoms in total. The second kappa shape index (κ2) is 8.69. The molecular formula is C21H22Cl3N3O2S. The van der Waals surface area contributed by atoms with Gasteiger partial charge in [0.1, 0.15) is 5.00 Å². The van der Waals surface area contributed by atoms with E-state index in [1.54, 1.807) is 18.2 Å². The van der Waals surface area contributed by atoms with Gasteiger partial charge in [-0.15, -0.1) is 11.6 Å². The number of halogens is 3. The van der Waals surface area contributed by atoms with E-state index in [9.17, 15) is 8.42 Å². The molecule has 0 aliphatic carbocycles. The van der Waals surface area contributed by atoms with Gasteiger partial charge in [0.2, 0.25) is 10.0 Å². The van der Waals surface area contributed by atoms with Crippen LogP contribution in [-0.2, 0) is 16.4 Å². The van der Waals surface area contributed by atoms with Crippen LogP contribution < -0.4 is 4.72 Å². The molecule has 2 N–H and O–H groups in total. The lowest BCUT2D eigenvalue weighted by Gasteiger charge is -2.25. The Bertz CT molecular complexity index is 1140. The Morgan fingerprint density at radius 3 is 2.73 bits per heavy atom. The van der Waals surface area contributed by atoms with Crippen LogP contribution in [0.25, 0.3) is 10.9 Å². The molecule has 0 spiro atoms. The van der Waals surface area contributed by atoms with Crippen LogP contribution in [0.3, 0.4) is 0 Å². The fourth-order valence-corrected chi connectivity index (χ4v) is 6.24. The number of aromatic amines is 1. The van der Waals surface area contributed by atoms with E-state index in [2.05, 4.69) is 14.6 Å². The van der Waals surface area contributed by atoms with Gasteiger partial charge in [-0.3, -0.25) is 4.90 Å². The van der Waals surface area contributed by atoms with Crippen molar-refractivity contribution in [2.24, 2.45) is 0 Å². The zero-order valence-corrected chi connectivity index (χ0v) is 19.2. The molecule has 3 aromatic rings. The first-order valence-electron chi connectivity index (χ1n) is 9.67. The van der Waals surface area contributed by atoms with Gasteiger partial charge in [0.05, 0.1) is 10.3 Å². The molecular weight excluding hydrogens is 465 g/mol. The van der Waals surface area contributed by atoms with Gasteiger partial charge in [-0.1, -0.05) is 41.4 Å². The minimum atomic E-state index is -3.75. The Kier molecular flexibility index (Phi) is 6.35. The molecule has 30 heavy (non-hydrogen) atoms. The Labute approximate surface area is 191 Å². The first-order valence-corrected chi connectivity index (χ1v) is 12.3. The molecule has 2 aromatic carbocycles. The van der Waals surface area contributed by atoms with Gasteiger partial charge in [-0.05, 0) is 55.3 Å². The molecule has 1 aliphatic heterocycles. The monoisotopic (exact) mass is 485 g/mol. The molecule has 0 radical (unpaired) electrons. The minimum Gasteiger partial charge on any atom is -0.361 e. The molecule has 4 rings (SSSR count). The predicted molar refractivity (Wildman–Crippen MR) is 123 cm³/mol. The SMILES string of the molecule is O=S(=O)(NC1(Cl)CN(CCCc2c[nH]c3ccc(Cl)cc23)CC1Cl)c1ccccc1. The normalized spacial score (nSPS) is 22.7. The highest BCUT2D eigenvalue weighted by molar-refractivity contribution is 7.89. The van der Waals surface area contributed by atoms with Crippen molar-refractivity contribution in [3.63, 3.8) is 0 Å². The molecule has 2 heterocycles. The second-order valence-electron chi connectivity index (χ2n) is 7.59. The summed E-state index contributed by atoms with van der Waals surface area (Å²) in [5.41, 5.74) is 2.27. The van der Waals surface area contributed by atoms with Crippen LogP contribution in [0.15, 0.2) is 59.6 Å². The molecule has 2 atom stereocenters. The van der Waals surface area contributed by atoms with Crippen molar-refractivity contribution in [1.82, 2.24) is 14.6 Å². The summed E-state index contributed by atoms with van der Waals surface area (Å²) in [6.45, 7) is 1.62. The average molecular weight is 487 g/mol. The van der Waals surface area contributed by atoms with E-state index < -0.39 is 20.4 Å². The lowest BCUT2D eigenvalue weighted by molar-refractivity contribution is 0.322. The van der Waals surface area contributed by atoms with E-state index in [0.29, 0.717) is 18.1 Å². The molecule has 1 aliphatic rings. The van der Waals surface area contributed by atoms with Gasteiger partial charge in [0.25, 0.3) is 0 Å². The number of nitrogens with zero attached hydrogens (tertiary/aromatic N) is 1. The van der Waals surface area contributed by atoms with E-state index >= 15 is 0 Å². The number of rotatable bonds is 7. The van der Waals surface area contributed by atoms with Gasteiger partial charge in [0, 0.05) is 35.2 Å². The molecule has 0 bridgehead atoms. The van der Waals surface area contributed by atoms with Gasteiger partial charge in [-0.25, -0.2) is 8.42 Å². The van der Waals surface area contributed by atoms with Gasteiger partial charge in [0.15, 0.2) is 0 Å². The van der Waals surface area contributed by atoms with E-state index in [0.717, 1.165) is 30.3 Å². The maximum atomic E-state index is 12.7. The van der Waals surface area contributed by atoms with Gasteiger partial charge in [-0.2, -0.15) is 4.72 Å². The van der Waals surface area contributed by atoms with Crippen molar-refractivity contribution in [2.75, 3.05) is 19.6 Å². The summed E-state index contributed by atoms with van der Waals surface area (Å²) in [7, 11) is -3.75. The van der Waals surface area contributed by atoms with E-state index in [1.165, 1.54) is 17.7 Å². The molecule has 0 saturated carbocycles. The van der Waals surface area contributed by atoms with Crippen LogP contribution in [0.2, 0.25) is 5.02 Å². The Morgan fingerprint density at radius 1 is 1.20 bits per heavy atom. The van der Waals surface area contributed by atoms with Gasteiger partial charge < -0.3 is 4.98 Å². The van der Waals surface area contributed by atoms with E-state index in [4.69, 9.17) is 34.8 Å². The van der Waals surface area contributed by atoms with Gasteiger partial charge >= 0.3 is 0 Å². The summed E-state index contributed by atoms with van der Waals surface area (Å²) < 4.78 is 28.0. The van der Waals surface area contributed by atoms with Crippen molar-refractivity contribution in [3.8, 4) is 0 Å². The summed E-state index contributed by atoms with van der Waals surface area (Å²) >= 11 is 19.2. The molecule has 1 fully saturated rings. The van der Waals surface area contributed by atoms with Crippen molar-refractivity contribution in [1.29, 1.82) is 0 Å². The number of sulfonamides is 1. The smallest absolute Gasteiger partial charge is 0.242 e. The number of hydrogen-bond donors (Lipinski definition) is 2. The lowest BCUT2D eigenvalue weighted by atomic mass is 10.1. The van der Waals surface area contributed by atoms with Crippen LogP contribution >= 0.6 is 34.8 Å². The number of alkyl halides is 2. The number of nitrogens with one attached hydrogen (secondary N) is 2. The summed E-state index contributed by atoms with van der Waals surface area (Å²) in [5.74, 6) is 0. The molecule has 9 heteroatoms. The van der Waals surface area contributed by atoms with Crippen molar-refractivity contribution < 1.29 is 8.42 Å². The summed E-state index contributed by atoms with van der Waals surface area (Å²) in [6, 6.07) is 14.0. The highest BCUT2D eigenvalue weighted by Crippen LogP contribution is 2.32. The third-order valence-corrected chi connectivity index (χ3v) is 8.35. The number of benzene rings is 2. The minimum absolute atomic E-state index is 0.172. The summed E-state index contributed by atoms with van der Waals surface area (Å²) in [5, 5.41) is 1.30. The maximum absolute atomic E-state index is 12.7. The quantitative estimate of drug-likeness (QED) is 0.379. The van der Waals surface area contributed by atoms with Crippen LogP contribution in [0.4, 0.5) is 0 Å². The van der Waals surface area contributed by atoms with Crippen molar-refractivity contribution in [2.45, 2.75) is 28.1 Å². The molecule has 1 saturated heterocycles. The molecule has 1 aromatic heterocycles. The maximum Gasteiger partial charge on any atom is 0.242 e. The van der Waals surface area contributed by atoms with Crippen LogP contribution in [0.1, 0.15) is 12.0 Å². The molecule has 0 amide bonds. The Morgan fingerprint density at radius 2 is 1.97 bits per heavy atom. The highest BCUT2D eigenvalue weighted by Gasteiger charge is 2.47. The summed E-state index contributed by atoms with van der Waals surface area (Å²) in [4.78, 5) is 4.29. The zero-order chi connectivity index (χ0) is 21.4. The van der Waals surface area contributed by atoms with E-state index in [-0.39, 0.29) is 4.90 Å². The first kappa shape index (κ1) is 21.9. The van der Waals surface area contributed by atoms with Crippen molar-refractivity contribution in [3.05, 3.63) is 65.3 Å². The van der Waals surface area contributed by atoms with Crippen LogP contribution in [0.5, 0.6) is 0 Å². The Hall–Kier alpha value is -1.28. The topological polar surface area (TPSA) is 65.2 Å². The third kappa shape index (κ3) is 4.64. The second-order valence-corrected chi connectivity index (χ2v) is 10.9. The number of aryl methyl sites for hydroxylation is 1.